The van der Waals surface area contributed by atoms with Crippen LogP contribution in [0.25, 0.3) is 0 Å². The number of nitrogens with one attached hydrogen (secondary N) is 1. The van der Waals surface area contributed by atoms with Gasteiger partial charge in [-0.1, -0.05) is 12.1 Å². The fraction of sp³-hybridized carbons (Fsp3) is 0.250. The molecule has 3 rings (SSSR count). The second kappa shape index (κ2) is 4.27. The number of fused-ring (bicyclic) bond motifs is 1. The number of H-pyrrole nitrogens is 1. The van der Waals surface area contributed by atoms with E-state index in [0.717, 1.165) is 0 Å². The van der Waals surface area contributed by atoms with Crippen molar-refractivity contribution in [3.05, 3.63) is 36.2 Å². The predicted molar refractivity (Wildman–Crippen MR) is 69.8 cm³/mol. The van der Waals surface area contributed by atoms with E-state index in [-0.39, 0.29) is 4.90 Å². The van der Waals surface area contributed by atoms with Gasteiger partial charge in [-0.05, 0) is 19.1 Å². The highest BCUT2D eigenvalue weighted by Crippen LogP contribution is 2.35. The fourth-order valence-electron chi connectivity index (χ4n) is 2.11. The van der Waals surface area contributed by atoms with E-state index in [1.54, 1.807) is 25.1 Å². The molecule has 0 fully saturated rings. The first-order valence-electron chi connectivity index (χ1n) is 5.85. The molecule has 1 aliphatic heterocycles. The van der Waals surface area contributed by atoms with Crippen LogP contribution in [-0.4, -0.2) is 31.8 Å². The van der Waals surface area contributed by atoms with Crippen molar-refractivity contribution >= 4 is 15.7 Å². The van der Waals surface area contributed by atoms with Gasteiger partial charge in [-0.2, -0.15) is 5.10 Å². The third-order valence-corrected chi connectivity index (χ3v) is 4.96. The van der Waals surface area contributed by atoms with Crippen LogP contribution in [0.15, 0.2) is 35.4 Å². The van der Waals surface area contributed by atoms with Gasteiger partial charge in [0.2, 0.25) is 0 Å². The van der Waals surface area contributed by atoms with Crippen molar-refractivity contribution < 1.29 is 13.2 Å². The Morgan fingerprint density at radius 1 is 1.37 bits per heavy atom. The molecule has 0 atom stereocenters. The molecular formula is C12H13N3O3S. The molecule has 0 amide bonds. The number of sulfonamides is 1. The number of aryl methyl sites for hydroxylation is 1. The topological polar surface area (TPSA) is 75.3 Å². The Kier molecular flexibility index (Phi) is 2.70. The zero-order valence-corrected chi connectivity index (χ0v) is 11.1. The fourth-order valence-corrected chi connectivity index (χ4v) is 3.69. The number of hydrogen-bond donors (Lipinski definition) is 1. The molecular weight excluding hydrogens is 266 g/mol. The molecule has 6 nitrogen and oxygen atoms in total. The number of rotatable bonds is 2. The number of anilines is 1. The average molecular weight is 279 g/mol. The number of aromatic nitrogens is 2. The number of aromatic amines is 1. The van der Waals surface area contributed by atoms with Crippen molar-refractivity contribution in [1.29, 1.82) is 0 Å². The molecule has 7 heteroatoms. The van der Waals surface area contributed by atoms with Crippen molar-refractivity contribution in [3.8, 4) is 5.75 Å². The van der Waals surface area contributed by atoms with Gasteiger partial charge in [0, 0.05) is 0 Å². The molecule has 1 N–H and O–H groups in total. The van der Waals surface area contributed by atoms with E-state index in [1.165, 1.54) is 10.5 Å². The molecule has 0 saturated carbocycles. The van der Waals surface area contributed by atoms with E-state index < -0.39 is 10.0 Å². The van der Waals surface area contributed by atoms with E-state index in [4.69, 9.17) is 4.74 Å². The molecule has 19 heavy (non-hydrogen) atoms. The highest BCUT2D eigenvalue weighted by molar-refractivity contribution is 7.92. The Hall–Kier alpha value is -2.02. The molecule has 1 aliphatic rings. The lowest BCUT2D eigenvalue weighted by Crippen LogP contribution is -2.38. The van der Waals surface area contributed by atoms with Gasteiger partial charge in [0.25, 0.3) is 10.0 Å². The maximum absolute atomic E-state index is 12.6. The molecule has 0 spiro atoms. The van der Waals surface area contributed by atoms with Gasteiger partial charge >= 0.3 is 0 Å². The van der Waals surface area contributed by atoms with Gasteiger partial charge < -0.3 is 4.74 Å². The van der Waals surface area contributed by atoms with E-state index in [9.17, 15) is 8.42 Å². The summed E-state index contributed by atoms with van der Waals surface area (Å²) >= 11 is 0. The predicted octanol–water partition coefficient (Wildman–Crippen LogP) is 1.31. The van der Waals surface area contributed by atoms with Crippen molar-refractivity contribution in [3.63, 3.8) is 0 Å². The molecule has 0 unspecified atom stereocenters. The maximum Gasteiger partial charge on any atom is 0.267 e. The van der Waals surface area contributed by atoms with Gasteiger partial charge in [0.1, 0.15) is 17.3 Å². The monoisotopic (exact) mass is 279 g/mol. The molecule has 100 valence electrons. The summed E-state index contributed by atoms with van der Waals surface area (Å²) in [5.74, 6) is 0.582. The Morgan fingerprint density at radius 3 is 2.89 bits per heavy atom. The van der Waals surface area contributed by atoms with Crippen LogP contribution in [0.1, 0.15) is 5.69 Å². The first-order valence-corrected chi connectivity index (χ1v) is 7.29. The Bertz CT molecular complexity index is 709. The van der Waals surface area contributed by atoms with E-state index in [2.05, 4.69) is 10.2 Å². The van der Waals surface area contributed by atoms with Crippen LogP contribution in [0.2, 0.25) is 0 Å². The van der Waals surface area contributed by atoms with E-state index >= 15 is 0 Å². The summed E-state index contributed by atoms with van der Waals surface area (Å²) in [5.41, 5.74) is 1.10. The summed E-state index contributed by atoms with van der Waals surface area (Å²) in [6.45, 7) is 2.32. The highest BCUT2D eigenvalue weighted by atomic mass is 32.2. The molecule has 0 bridgehead atoms. The quantitative estimate of drug-likeness (QED) is 0.899. The number of ether oxygens (including phenoxy) is 1. The van der Waals surface area contributed by atoms with Crippen molar-refractivity contribution in [1.82, 2.24) is 10.2 Å². The Balaban J connectivity index is 2.12. The molecule has 1 aromatic heterocycles. The SMILES string of the molecule is Cc1[nH]ncc1S(=O)(=O)N1CCOc2ccccc21. The second-order valence-corrected chi connectivity index (χ2v) is 6.08. The summed E-state index contributed by atoms with van der Waals surface area (Å²) in [6.07, 6.45) is 1.34. The zero-order valence-electron chi connectivity index (χ0n) is 10.3. The zero-order chi connectivity index (χ0) is 13.5. The van der Waals surface area contributed by atoms with Crippen LogP contribution >= 0.6 is 0 Å². The number of para-hydroxylation sites is 2. The lowest BCUT2D eigenvalue weighted by molar-refractivity contribution is 0.316. The number of hydrogen-bond acceptors (Lipinski definition) is 4. The molecule has 1 aromatic carbocycles. The standard InChI is InChI=1S/C12H13N3O3S/c1-9-12(8-13-14-9)19(16,17)15-6-7-18-11-5-3-2-4-10(11)15/h2-5,8H,6-7H2,1H3,(H,13,14). The normalized spacial score (nSPS) is 14.9. The van der Waals surface area contributed by atoms with Gasteiger partial charge in [-0.25, -0.2) is 8.42 Å². The van der Waals surface area contributed by atoms with Crippen LogP contribution < -0.4 is 9.04 Å². The van der Waals surface area contributed by atoms with Crippen LogP contribution in [0, 0.1) is 6.92 Å². The van der Waals surface area contributed by atoms with Gasteiger partial charge in [-0.15, -0.1) is 0 Å². The van der Waals surface area contributed by atoms with Crippen molar-refractivity contribution in [2.75, 3.05) is 17.5 Å². The lowest BCUT2D eigenvalue weighted by Gasteiger charge is -2.30. The highest BCUT2D eigenvalue weighted by Gasteiger charge is 2.31. The van der Waals surface area contributed by atoms with Crippen LogP contribution in [0.5, 0.6) is 5.75 Å². The molecule has 2 heterocycles. The summed E-state index contributed by atoms with van der Waals surface area (Å²) in [7, 11) is -3.60. The largest absolute Gasteiger partial charge is 0.489 e. The third-order valence-electron chi connectivity index (χ3n) is 3.04. The first-order chi connectivity index (χ1) is 9.10. The second-order valence-electron chi connectivity index (χ2n) is 4.25. The van der Waals surface area contributed by atoms with Crippen LogP contribution in [0.4, 0.5) is 5.69 Å². The summed E-state index contributed by atoms with van der Waals surface area (Å²) < 4.78 is 32.1. The molecule has 0 radical (unpaired) electrons. The third kappa shape index (κ3) is 1.86. The minimum absolute atomic E-state index is 0.198. The summed E-state index contributed by atoms with van der Waals surface area (Å²) in [5, 5.41) is 6.43. The Labute approximate surface area is 111 Å². The van der Waals surface area contributed by atoms with E-state index in [1.807, 2.05) is 6.07 Å². The molecule has 2 aromatic rings. The molecule has 0 aliphatic carbocycles. The summed E-state index contributed by atoms with van der Waals surface area (Å²) in [6, 6.07) is 7.11. The van der Waals surface area contributed by atoms with E-state index in [0.29, 0.717) is 30.3 Å². The minimum Gasteiger partial charge on any atom is -0.489 e. The smallest absolute Gasteiger partial charge is 0.267 e. The van der Waals surface area contributed by atoms with Crippen molar-refractivity contribution in [2.45, 2.75) is 11.8 Å². The Morgan fingerprint density at radius 2 is 2.16 bits per heavy atom. The number of benzene rings is 1. The van der Waals surface area contributed by atoms with Crippen LogP contribution in [-0.2, 0) is 10.0 Å². The first kappa shape index (κ1) is 12.0. The number of nitrogens with zero attached hydrogens (tertiary/aromatic N) is 2. The maximum atomic E-state index is 12.6. The van der Waals surface area contributed by atoms with Gasteiger partial charge in [0.15, 0.2) is 0 Å². The van der Waals surface area contributed by atoms with Crippen LogP contribution in [0.3, 0.4) is 0 Å². The lowest BCUT2D eigenvalue weighted by atomic mass is 10.2. The van der Waals surface area contributed by atoms with Crippen molar-refractivity contribution in [2.24, 2.45) is 0 Å². The average Bonchev–Trinajstić information content (AvgIpc) is 2.85. The molecule has 0 saturated heterocycles. The minimum atomic E-state index is -3.60. The summed E-state index contributed by atoms with van der Waals surface area (Å²) in [4.78, 5) is 0.198. The van der Waals surface area contributed by atoms with Gasteiger partial charge in [0.05, 0.1) is 24.1 Å². The van der Waals surface area contributed by atoms with Gasteiger partial charge in [-0.3, -0.25) is 9.40 Å².